The van der Waals surface area contributed by atoms with Gasteiger partial charge in [0, 0.05) is 18.2 Å². The van der Waals surface area contributed by atoms with E-state index < -0.39 is 10.9 Å². The summed E-state index contributed by atoms with van der Waals surface area (Å²) in [5.41, 5.74) is 0.685. The molecule has 22 heavy (non-hydrogen) atoms. The lowest BCUT2D eigenvalue weighted by atomic mass is 10.2. The monoisotopic (exact) mass is 294 g/mol. The van der Waals surface area contributed by atoms with Crippen LogP contribution >= 0.6 is 0 Å². The molecule has 0 saturated heterocycles. The van der Waals surface area contributed by atoms with Crippen molar-refractivity contribution in [2.45, 2.75) is 0 Å². The number of nitriles is 1. The summed E-state index contributed by atoms with van der Waals surface area (Å²) in [6, 6.07) is 14.1. The van der Waals surface area contributed by atoms with Crippen molar-refractivity contribution in [1.29, 1.82) is 5.26 Å². The van der Waals surface area contributed by atoms with Gasteiger partial charge in [0.15, 0.2) is 0 Å². The maximum absolute atomic E-state index is 11.7. The SMILES string of the molecule is N#Cc1ccccc1OC(=O)/C=C/c1cccc([N+](=O)[O-])c1. The van der Waals surface area contributed by atoms with Crippen molar-refractivity contribution < 1.29 is 14.5 Å². The van der Waals surface area contributed by atoms with Gasteiger partial charge in [0.05, 0.1) is 10.5 Å². The Morgan fingerprint density at radius 3 is 2.73 bits per heavy atom. The number of esters is 1. The van der Waals surface area contributed by atoms with E-state index in [1.165, 1.54) is 36.4 Å². The molecule has 6 nitrogen and oxygen atoms in total. The summed E-state index contributed by atoms with van der Waals surface area (Å²) in [6.45, 7) is 0. The van der Waals surface area contributed by atoms with Gasteiger partial charge in [-0.3, -0.25) is 10.1 Å². The normalized spacial score (nSPS) is 10.1. The molecule has 6 heteroatoms. The average Bonchev–Trinajstić information content (AvgIpc) is 2.53. The molecule has 0 aromatic heterocycles. The fourth-order valence-corrected chi connectivity index (χ4v) is 1.70. The van der Waals surface area contributed by atoms with Gasteiger partial charge in [0.2, 0.25) is 0 Å². The third kappa shape index (κ3) is 3.77. The predicted octanol–water partition coefficient (Wildman–Crippen LogP) is 3.09. The Morgan fingerprint density at radius 2 is 2.00 bits per heavy atom. The molecule has 0 saturated carbocycles. The molecular formula is C16H10N2O4. The molecule has 2 aromatic carbocycles. The van der Waals surface area contributed by atoms with Crippen molar-refractivity contribution in [2.75, 3.05) is 0 Å². The predicted molar refractivity (Wildman–Crippen MR) is 78.9 cm³/mol. The number of carbonyl (C=O) groups excluding carboxylic acids is 1. The van der Waals surface area contributed by atoms with Crippen LogP contribution < -0.4 is 4.74 Å². The van der Waals surface area contributed by atoms with Crippen LogP contribution in [0.15, 0.2) is 54.6 Å². The molecule has 0 spiro atoms. The summed E-state index contributed by atoms with van der Waals surface area (Å²) in [6.07, 6.45) is 2.55. The highest BCUT2D eigenvalue weighted by atomic mass is 16.6. The summed E-state index contributed by atoms with van der Waals surface area (Å²) in [7, 11) is 0. The van der Waals surface area contributed by atoms with Gasteiger partial charge in [-0.05, 0) is 23.8 Å². The number of para-hydroxylation sites is 1. The Labute approximate surface area is 126 Å². The fraction of sp³-hybridized carbons (Fsp3) is 0. The molecule has 0 aliphatic rings. The molecule has 0 heterocycles. The second kappa shape index (κ2) is 6.81. The van der Waals surface area contributed by atoms with Gasteiger partial charge in [-0.25, -0.2) is 4.79 Å². The quantitative estimate of drug-likeness (QED) is 0.284. The zero-order valence-corrected chi connectivity index (χ0v) is 11.3. The van der Waals surface area contributed by atoms with E-state index >= 15 is 0 Å². The standard InChI is InChI=1S/C16H10N2O4/c17-11-13-5-1-2-7-15(13)22-16(19)9-8-12-4-3-6-14(10-12)18(20)21/h1-10H/b9-8+. The maximum atomic E-state index is 11.7. The van der Waals surface area contributed by atoms with E-state index in [9.17, 15) is 14.9 Å². The highest BCUT2D eigenvalue weighted by molar-refractivity contribution is 5.89. The molecule has 0 aliphatic heterocycles. The first-order valence-corrected chi connectivity index (χ1v) is 6.23. The minimum atomic E-state index is -0.672. The minimum Gasteiger partial charge on any atom is -0.422 e. The van der Waals surface area contributed by atoms with Crippen LogP contribution in [0.3, 0.4) is 0 Å². The van der Waals surface area contributed by atoms with Gasteiger partial charge < -0.3 is 4.74 Å². The topological polar surface area (TPSA) is 93.2 Å². The van der Waals surface area contributed by atoms with Crippen LogP contribution in [0.4, 0.5) is 5.69 Å². The first-order valence-electron chi connectivity index (χ1n) is 6.23. The van der Waals surface area contributed by atoms with E-state index in [4.69, 9.17) is 10.00 Å². The number of nitrogens with zero attached hydrogens (tertiary/aromatic N) is 2. The van der Waals surface area contributed by atoms with E-state index in [1.807, 2.05) is 6.07 Å². The smallest absolute Gasteiger partial charge is 0.336 e. The maximum Gasteiger partial charge on any atom is 0.336 e. The molecule has 0 unspecified atom stereocenters. The Hall–Kier alpha value is -3.46. The second-order valence-electron chi connectivity index (χ2n) is 4.21. The van der Waals surface area contributed by atoms with Crippen molar-refractivity contribution in [3.05, 3.63) is 75.8 Å². The zero-order chi connectivity index (χ0) is 15.9. The number of benzene rings is 2. The highest BCUT2D eigenvalue weighted by Crippen LogP contribution is 2.17. The summed E-state index contributed by atoms with van der Waals surface area (Å²) in [4.78, 5) is 21.9. The zero-order valence-electron chi connectivity index (χ0n) is 11.3. The Morgan fingerprint density at radius 1 is 1.23 bits per heavy atom. The largest absolute Gasteiger partial charge is 0.422 e. The van der Waals surface area contributed by atoms with Crippen molar-refractivity contribution in [1.82, 2.24) is 0 Å². The number of hydrogen-bond donors (Lipinski definition) is 0. The molecule has 0 aliphatic carbocycles. The van der Waals surface area contributed by atoms with Crippen LogP contribution in [0.2, 0.25) is 0 Å². The molecule has 2 rings (SSSR count). The minimum absolute atomic E-state index is 0.0645. The van der Waals surface area contributed by atoms with E-state index in [-0.39, 0.29) is 17.0 Å². The highest BCUT2D eigenvalue weighted by Gasteiger charge is 2.07. The van der Waals surface area contributed by atoms with Gasteiger partial charge in [-0.2, -0.15) is 5.26 Å². The van der Waals surface area contributed by atoms with Gasteiger partial charge in [-0.1, -0.05) is 24.3 Å². The third-order valence-electron chi connectivity index (χ3n) is 2.71. The van der Waals surface area contributed by atoms with Crippen molar-refractivity contribution >= 4 is 17.7 Å². The lowest BCUT2D eigenvalue weighted by molar-refractivity contribution is -0.384. The Bertz CT molecular complexity index is 791. The first kappa shape index (κ1) is 14.9. The van der Waals surface area contributed by atoms with E-state index in [1.54, 1.807) is 18.2 Å². The van der Waals surface area contributed by atoms with Crippen LogP contribution in [0.1, 0.15) is 11.1 Å². The van der Waals surface area contributed by atoms with Crippen LogP contribution in [-0.4, -0.2) is 10.9 Å². The van der Waals surface area contributed by atoms with E-state index in [0.717, 1.165) is 6.08 Å². The summed E-state index contributed by atoms with van der Waals surface area (Å²) in [5.74, 6) is -0.507. The van der Waals surface area contributed by atoms with Crippen molar-refractivity contribution in [3.8, 4) is 11.8 Å². The first-order chi connectivity index (χ1) is 10.6. The number of ether oxygens (including phenoxy) is 1. The molecule has 0 radical (unpaired) electrons. The lowest BCUT2D eigenvalue weighted by Gasteiger charge is -2.02. The van der Waals surface area contributed by atoms with Gasteiger partial charge >= 0.3 is 5.97 Å². The summed E-state index contributed by atoms with van der Waals surface area (Å²) >= 11 is 0. The van der Waals surface area contributed by atoms with E-state index in [0.29, 0.717) is 5.56 Å². The molecule has 2 aromatic rings. The van der Waals surface area contributed by atoms with Crippen molar-refractivity contribution in [3.63, 3.8) is 0 Å². The van der Waals surface area contributed by atoms with E-state index in [2.05, 4.69) is 0 Å². The number of carbonyl (C=O) groups is 1. The number of non-ortho nitro benzene ring substituents is 1. The summed E-state index contributed by atoms with van der Waals surface area (Å²) < 4.78 is 5.05. The van der Waals surface area contributed by atoms with Crippen LogP contribution in [0.25, 0.3) is 6.08 Å². The van der Waals surface area contributed by atoms with Gasteiger partial charge in [0.25, 0.3) is 5.69 Å². The van der Waals surface area contributed by atoms with Crippen LogP contribution in [0.5, 0.6) is 5.75 Å². The fourth-order valence-electron chi connectivity index (χ4n) is 1.70. The second-order valence-corrected chi connectivity index (χ2v) is 4.21. The number of nitro benzene ring substituents is 1. The molecule has 0 atom stereocenters. The molecule has 108 valence electrons. The molecule has 0 bridgehead atoms. The third-order valence-corrected chi connectivity index (χ3v) is 2.71. The average molecular weight is 294 g/mol. The molecular weight excluding hydrogens is 284 g/mol. The van der Waals surface area contributed by atoms with Crippen LogP contribution in [0, 0.1) is 21.4 Å². The number of rotatable bonds is 4. The number of hydrogen-bond acceptors (Lipinski definition) is 5. The lowest BCUT2D eigenvalue weighted by Crippen LogP contribution is -2.04. The number of nitro groups is 1. The molecule has 0 amide bonds. The molecule has 0 N–H and O–H groups in total. The van der Waals surface area contributed by atoms with Crippen molar-refractivity contribution in [2.24, 2.45) is 0 Å². The van der Waals surface area contributed by atoms with Crippen LogP contribution in [-0.2, 0) is 4.79 Å². The Kier molecular flexibility index (Phi) is 4.63. The summed E-state index contributed by atoms with van der Waals surface area (Å²) in [5, 5.41) is 19.6. The molecule has 0 fully saturated rings. The van der Waals surface area contributed by atoms with Gasteiger partial charge in [-0.15, -0.1) is 0 Å². The van der Waals surface area contributed by atoms with Gasteiger partial charge in [0.1, 0.15) is 11.8 Å². The Balaban J connectivity index is 2.10.